The molecule has 5 rings (SSSR count). The van der Waals surface area contributed by atoms with Crippen LogP contribution in [0.4, 0.5) is 0 Å². The maximum Gasteiger partial charge on any atom is 0.338 e. The van der Waals surface area contributed by atoms with E-state index < -0.39 is 18.2 Å². The van der Waals surface area contributed by atoms with E-state index in [1.54, 1.807) is 24.5 Å². The van der Waals surface area contributed by atoms with Crippen LogP contribution in [-0.2, 0) is 9.53 Å². The normalized spacial score (nSPS) is 43.7. The number of esters is 1. The van der Waals surface area contributed by atoms with E-state index in [9.17, 15) is 24.9 Å². The van der Waals surface area contributed by atoms with Gasteiger partial charge in [0.25, 0.3) is 0 Å². The summed E-state index contributed by atoms with van der Waals surface area (Å²) < 4.78 is 5.89. The summed E-state index contributed by atoms with van der Waals surface area (Å²) in [5.41, 5.74) is 0.217. The SMILES string of the molecule is C[C@H](CCC(=O)O)[C@H]1CC[C@H]2[C@@H]3[C@H](O)C[C@@H]4C[C@H](OC(=O)c5ccncc5)CC[C@]4(C)[C@H]3C[C@H](O)[C@]12C. The summed E-state index contributed by atoms with van der Waals surface area (Å²) in [5.74, 6) is 0.300. The lowest BCUT2D eigenvalue weighted by Gasteiger charge is -2.63. The summed E-state index contributed by atoms with van der Waals surface area (Å²) in [5, 5.41) is 32.5. The Kier molecular flexibility index (Phi) is 7.16. The first-order valence-electron chi connectivity index (χ1n) is 14.2. The number of aliphatic carboxylic acids is 1. The van der Waals surface area contributed by atoms with Crippen LogP contribution in [0.2, 0.25) is 0 Å². The predicted octanol–water partition coefficient (Wildman–Crippen LogP) is 4.71. The van der Waals surface area contributed by atoms with Crippen molar-refractivity contribution in [3.63, 3.8) is 0 Å². The summed E-state index contributed by atoms with van der Waals surface area (Å²) in [7, 11) is 0. The van der Waals surface area contributed by atoms with Crippen LogP contribution in [0.15, 0.2) is 24.5 Å². The molecule has 4 fully saturated rings. The van der Waals surface area contributed by atoms with Crippen LogP contribution in [0, 0.1) is 46.3 Å². The predicted molar refractivity (Wildman–Crippen MR) is 137 cm³/mol. The maximum absolute atomic E-state index is 12.7. The number of hydrogen-bond donors (Lipinski definition) is 3. The number of pyridine rings is 1. The summed E-state index contributed by atoms with van der Waals surface area (Å²) >= 11 is 0. The van der Waals surface area contributed by atoms with Crippen LogP contribution >= 0.6 is 0 Å². The fourth-order valence-electron chi connectivity index (χ4n) is 9.48. The molecule has 0 radical (unpaired) electrons. The van der Waals surface area contributed by atoms with Gasteiger partial charge in [-0.25, -0.2) is 4.79 Å². The van der Waals surface area contributed by atoms with Gasteiger partial charge in [-0.2, -0.15) is 0 Å². The number of rotatable bonds is 6. The van der Waals surface area contributed by atoms with Gasteiger partial charge < -0.3 is 20.1 Å². The average molecular weight is 514 g/mol. The zero-order valence-corrected chi connectivity index (χ0v) is 22.4. The Morgan fingerprint density at radius 3 is 2.51 bits per heavy atom. The molecule has 1 heterocycles. The van der Waals surface area contributed by atoms with E-state index in [4.69, 9.17) is 4.74 Å². The first-order chi connectivity index (χ1) is 17.6. The molecule has 0 spiro atoms. The summed E-state index contributed by atoms with van der Waals surface area (Å²) in [6, 6.07) is 3.34. The highest BCUT2D eigenvalue weighted by Crippen LogP contribution is 2.68. The molecule has 0 saturated heterocycles. The largest absolute Gasteiger partial charge is 0.481 e. The minimum absolute atomic E-state index is 0.00120. The van der Waals surface area contributed by atoms with Crippen molar-refractivity contribution in [3.8, 4) is 0 Å². The van der Waals surface area contributed by atoms with Gasteiger partial charge >= 0.3 is 11.9 Å². The quantitative estimate of drug-likeness (QED) is 0.472. The number of nitrogens with zero attached hydrogens (tertiary/aromatic N) is 1. The number of ether oxygens (including phenoxy) is 1. The molecule has 4 aliphatic carbocycles. The number of aliphatic hydroxyl groups is 2. The smallest absolute Gasteiger partial charge is 0.338 e. The Bertz CT molecular complexity index is 1000. The Morgan fingerprint density at radius 1 is 1.08 bits per heavy atom. The van der Waals surface area contributed by atoms with Gasteiger partial charge in [0.1, 0.15) is 6.10 Å². The Labute approximate surface area is 220 Å². The molecule has 0 unspecified atom stereocenters. The van der Waals surface area contributed by atoms with Gasteiger partial charge in [-0.15, -0.1) is 0 Å². The third-order valence-corrected chi connectivity index (χ3v) is 11.5. The Morgan fingerprint density at radius 2 is 1.81 bits per heavy atom. The molecule has 0 aliphatic heterocycles. The van der Waals surface area contributed by atoms with Crippen molar-refractivity contribution in [1.82, 2.24) is 4.98 Å². The van der Waals surface area contributed by atoms with Gasteiger partial charge in [0.05, 0.1) is 17.8 Å². The van der Waals surface area contributed by atoms with Gasteiger partial charge in [0.15, 0.2) is 0 Å². The molecule has 0 bridgehead atoms. The Balaban J connectivity index is 1.32. The molecule has 1 aromatic rings. The molecule has 7 heteroatoms. The van der Waals surface area contributed by atoms with Crippen LogP contribution in [0.25, 0.3) is 0 Å². The van der Waals surface area contributed by atoms with Crippen molar-refractivity contribution in [2.75, 3.05) is 0 Å². The number of carbonyl (C=O) groups is 2. The number of aliphatic hydroxyl groups excluding tert-OH is 2. The molecule has 3 N–H and O–H groups in total. The molecule has 7 nitrogen and oxygen atoms in total. The van der Waals surface area contributed by atoms with Gasteiger partial charge in [-0.05, 0) is 110 Å². The molecular formula is C30H43NO6. The zero-order valence-electron chi connectivity index (χ0n) is 22.4. The molecule has 204 valence electrons. The molecule has 4 aliphatic rings. The van der Waals surface area contributed by atoms with E-state index >= 15 is 0 Å². The van der Waals surface area contributed by atoms with Crippen molar-refractivity contribution >= 4 is 11.9 Å². The van der Waals surface area contributed by atoms with Crippen molar-refractivity contribution < 1.29 is 29.6 Å². The number of carboxylic acid groups (broad SMARTS) is 1. The van der Waals surface area contributed by atoms with Crippen LogP contribution < -0.4 is 0 Å². The highest BCUT2D eigenvalue weighted by molar-refractivity contribution is 5.89. The topological polar surface area (TPSA) is 117 Å². The third-order valence-electron chi connectivity index (χ3n) is 11.5. The summed E-state index contributed by atoms with van der Waals surface area (Å²) in [6.45, 7) is 6.70. The van der Waals surface area contributed by atoms with E-state index in [2.05, 4.69) is 25.8 Å². The van der Waals surface area contributed by atoms with Crippen molar-refractivity contribution in [2.45, 2.75) is 96.9 Å². The first kappa shape index (κ1) is 26.6. The molecule has 11 atom stereocenters. The molecular weight excluding hydrogens is 470 g/mol. The third kappa shape index (κ3) is 4.50. The fraction of sp³-hybridized carbons (Fsp3) is 0.767. The lowest BCUT2D eigenvalue weighted by atomic mass is 9.43. The van der Waals surface area contributed by atoms with Gasteiger partial charge in [-0.1, -0.05) is 20.8 Å². The number of hydrogen-bond acceptors (Lipinski definition) is 6. The van der Waals surface area contributed by atoms with Crippen LogP contribution in [0.1, 0.15) is 88.9 Å². The minimum Gasteiger partial charge on any atom is -0.481 e. The van der Waals surface area contributed by atoms with Crippen LogP contribution in [0.3, 0.4) is 0 Å². The van der Waals surface area contributed by atoms with Gasteiger partial charge in [-0.3, -0.25) is 9.78 Å². The van der Waals surface area contributed by atoms with Gasteiger partial charge in [0.2, 0.25) is 0 Å². The highest BCUT2D eigenvalue weighted by atomic mass is 16.5. The molecule has 0 amide bonds. The number of fused-ring (bicyclic) bond motifs is 5. The number of aromatic nitrogens is 1. The van der Waals surface area contributed by atoms with E-state index in [0.717, 1.165) is 32.1 Å². The monoisotopic (exact) mass is 513 g/mol. The van der Waals surface area contributed by atoms with Crippen LogP contribution in [-0.4, -0.2) is 50.6 Å². The lowest BCUT2D eigenvalue weighted by molar-refractivity contribution is -0.207. The van der Waals surface area contributed by atoms with Crippen molar-refractivity contribution in [2.24, 2.45) is 46.3 Å². The fourth-order valence-corrected chi connectivity index (χ4v) is 9.48. The number of carboxylic acids is 1. The van der Waals surface area contributed by atoms with E-state index in [1.807, 2.05) is 0 Å². The second-order valence-corrected chi connectivity index (χ2v) is 13.0. The van der Waals surface area contributed by atoms with Crippen molar-refractivity contribution in [3.05, 3.63) is 30.1 Å². The van der Waals surface area contributed by atoms with Crippen LogP contribution in [0.5, 0.6) is 0 Å². The second-order valence-electron chi connectivity index (χ2n) is 13.0. The summed E-state index contributed by atoms with van der Waals surface area (Å²) in [6.07, 6.45) is 8.78. The minimum atomic E-state index is -0.764. The molecule has 4 saturated carbocycles. The van der Waals surface area contributed by atoms with E-state index in [0.29, 0.717) is 24.8 Å². The standard InChI is InChI=1S/C30H43NO6/c1-17(4-7-26(34)35)21-5-6-22-27-23(16-25(33)30(21,22)3)29(2)11-8-20(14-19(29)15-24(27)32)37-28(36)18-9-12-31-13-10-18/h9-10,12-13,17,19-25,27,32-33H,4-8,11,14-16H2,1-3H3,(H,34,35)/t17-,19+,20-,21-,22+,23+,24-,25+,27+,29+,30-/m1/s1. The molecule has 0 aromatic carbocycles. The van der Waals surface area contributed by atoms with E-state index in [-0.39, 0.29) is 64.8 Å². The summed E-state index contributed by atoms with van der Waals surface area (Å²) in [4.78, 5) is 27.8. The maximum atomic E-state index is 12.7. The zero-order chi connectivity index (χ0) is 26.5. The Hall–Kier alpha value is -1.99. The van der Waals surface area contributed by atoms with Gasteiger partial charge in [0, 0.05) is 18.8 Å². The number of carbonyl (C=O) groups excluding carboxylic acids is 1. The first-order valence-corrected chi connectivity index (χ1v) is 14.2. The molecule has 1 aromatic heterocycles. The lowest BCUT2D eigenvalue weighted by Crippen LogP contribution is -2.62. The average Bonchev–Trinajstić information content (AvgIpc) is 3.23. The highest BCUT2D eigenvalue weighted by Gasteiger charge is 2.65. The van der Waals surface area contributed by atoms with Crippen molar-refractivity contribution in [1.29, 1.82) is 0 Å². The molecule has 37 heavy (non-hydrogen) atoms. The second kappa shape index (κ2) is 9.96. The van der Waals surface area contributed by atoms with E-state index in [1.165, 1.54) is 0 Å².